The van der Waals surface area contributed by atoms with Crippen LogP contribution in [0, 0.1) is 0 Å². The fraction of sp³-hybridized carbons (Fsp3) is 0.238. The smallest absolute Gasteiger partial charge is 0.271 e. The largest absolute Gasteiger partial charge is 0.368 e. The van der Waals surface area contributed by atoms with Crippen LogP contribution in [0.2, 0.25) is 5.02 Å². The molecule has 0 aliphatic carbocycles. The number of para-hydroxylation sites is 1. The van der Waals surface area contributed by atoms with Crippen LogP contribution >= 0.6 is 11.6 Å². The van der Waals surface area contributed by atoms with Crippen molar-refractivity contribution in [2.75, 3.05) is 36.1 Å². The Kier molecular flexibility index (Phi) is 5.21. The number of hydrogen-bond donors (Lipinski definition) is 1. The number of piperazine rings is 1. The van der Waals surface area contributed by atoms with Gasteiger partial charge in [0.25, 0.3) is 5.91 Å². The number of carbonyl (C=O) groups is 2. The lowest BCUT2D eigenvalue weighted by atomic mass is 10.2. The van der Waals surface area contributed by atoms with Crippen LogP contribution in [0.25, 0.3) is 0 Å². The molecule has 2 aliphatic heterocycles. The van der Waals surface area contributed by atoms with E-state index in [1.165, 1.54) is 5.01 Å². The SMILES string of the molecule is O=C(C1=CCC(=O)N(c2ccccc2)N1)N1CCN(c2cccc(Cl)c2)CC1. The molecule has 0 bridgehead atoms. The third-order valence-electron chi connectivity index (χ3n) is 4.95. The van der Waals surface area contributed by atoms with Gasteiger partial charge >= 0.3 is 0 Å². The minimum absolute atomic E-state index is 0.0841. The molecule has 4 rings (SSSR count). The highest BCUT2D eigenvalue weighted by molar-refractivity contribution is 6.30. The van der Waals surface area contributed by atoms with Gasteiger partial charge in [0.2, 0.25) is 5.91 Å². The maximum Gasteiger partial charge on any atom is 0.271 e. The first-order chi connectivity index (χ1) is 13.6. The first-order valence-electron chi connectivity index (χ1n) is 9.26. The van der Waals surface area contributed by atoms with Crippen molar-refractivity contribution in [2.24, 2.45) is 0 Å². The molecule has 28 heavy (non-hydrogen) atoms. The molecule has 1 fully saturated rings. The second kappa shape index (κ2) is 7.94. The first kappa shape index (κ1) is 18.4. The molecule has 2 aromatic carbocycles. The fourth-order valence-electron chi connectivity index (χ4n) is 3.44. The number of amides is 2. The Morgan fingerprint density at radius 3 is 2.36 bits per heavy atom. The van der Waals surface area contributed by atoms with Crippen LogP contribution in [0.1, 0.15) is 6.42 Å². The average Bonchev–Trinajstić information content (AvgIpc) is 2.74. The Hall–Kier alpha value is -2.99. The lowest BCUT2D eigenvalue weighted by Gasteiger charge is -2.37. The predicted molar refractivity (Wildman–Crippen MR) is 110 cm³/mol. The summed E-state index contributed by atoms with van der Waals surface area (Å²) in [5.74, 6) is -0.173. The van der Waals surface area contributed by atoms with Crippen LogP contribution < -0.4 is 15.3 Å². The maximum absolute atomic E-state index is 13.0. The summed E-state index contributed by atoms with van der Waals surface area (Å²) < 4.78 is 0. The van der Waals surface area contributed by atoms with Crippen molar-refractivity contribution in [3.05, 3.63) is 71.4 Å². The second-order valence-corrected chi connectivity index (χ2v) is 7.19. The molecule has 0 aromatic heterocycles. The molecule has 0 atom stereocenters. The summed E-state index contributed by atoms with van der Waals surface area (Å²) in [6, 6.07) is 17.0. The zero-order valence-corrected chi connectivity index (χ0v) is 16.1. The monoisotopic (exact) mass is 396 g/mol. The summed E-state index contributed by atoms with van der Waals surface area (Å²) >= 11 is 6.08. The van der Waals surface area contributed by atoms with Gasteiger partial charge in [-0.2, -0.15) is 0 Å². The minimum Gasteiger partial charge on any atom is -0.368 e. The van der Waals surface area contributed by atoms with Gasteiger partial charge in [0.15, 0.2) is 0 Å². The lowest BCUT2D eigenvalue weighted by molar-refractivity contribution is -0.128. The van der Waals surface area contributed by atoms with Crippen LogP contribution in [0.4, 0.5) is 11.4 Å². The van der Waals surface area contributed by atoms with Crippen LogP contribution in [-0.2, 0) is 9.59 Å². The van der Waals surface area contributed by atoms with Crippen molar-refractivity contribution >= 4 is 34.8 Å². The van der Waals surface area contributed by atoms with Gasteiger partial charge in [0, 0.05) is 43.3 Å². The van der Waals surface area contributed by atoms with Gasteiger partial charge in [-0.3, -0.25) is 15.0 Å². The van der Waals surface area contributed by atoms with Crippen molar-refractivity contribution in [1.29, 1.82) is 0 Å². The van der Waals surface area contributed by atoms with E-state index in [2.05, 4.69) is 10.3 Å². The van der Waals surface area contributed by atoms with Gasteiger partial charge in [0.05, 0.1) is 5.69 Å². The second-order valence-electron chi connectivity index (χ2n) is 6.76. The number of benzene rings is 2. The summed E-state index contributed by atoms with van der Waals surface area (Å²) in [5.41, 5.74) is 5.22. The number of hydrazine groups is 1. The van der Waals surface area contributed by atoms with Crippen molar-refractivity contribution in [1.82, 2.24) is 10.3 Å². The van der Waals surface area contributed by atoms with E-state index in [4.69, 9.17) is 11.6 Å². The molecule has 1 saturated heterocycles. The van der Waals surface area contributed by atoms with Gasteiger partial charge in [-0.25, -0.2) is 5.01 Å². The number of rotatable bonds is 3. The van der Waals surface area contributed by atoms with E-state index in [-0.39, 0.29) is 18.2 Å². The molecule has 2 aromatic rings. The highest BCUT2D eigenvalue weighted by Crippen LogP contribution is 2.22. The molecule has 0 saturated carbocycles. The highest BCUT2D eigenvalue weighted by atomic mass is 35.5. The average molecular weight is 397 g/mol. The molecular formula is C21H21ClN4O2. The van der Waals surface area contributed by atoms with Crippen molar-refractivity contribution < 1.29 is 9.59 Å². The summed E-state index contributed by atoms with van der Waals surface area (Å²) in [4.78, 5) is 29.2. The summed E-state index contributed by atoms with van der Waals surface area (Å²) in [7, 11) is 0. The van der Waals surface area contributed by atoms with Crippen molar-refractivity contribution in [2.45, 2.75) is 6.42 Å². The normalized spacial score (nSPS) is 17.2. The number of halogens is 1. The van der Waals surface area contributed by atoms with Crippen LogP contribution in [0.3, 0.4) is 0 Å². The van der Waals surface area contributed by atoms with Gasteiger partial charge in [-0.15, -0.1) is 0 Å². The molecule has 0 unspecified atom stereocenters. The van der Waals surface area contributed by atoms with E-state index in [0.29, 0.717) is 23.8 Å². The quantitative estimate of drug-likeness (QED) is 0.866. The summed E-state index contributed by atoms with van der Waals surface area (Å²) in [6.07, 6.45) is 1.87. The molecule has 2 aliphatic rings. The first-order valence-corrected chi connectivity index (χ1v) is 9.64. The summed E-state index contributed by atoms with van der Waals surface area (Å²) in [6.45, 7) is 2.70. The zero-order valence-electron chi connectivity index (χ0n) is 15.3. The maximum atomic E-state index is 13.0. The third-order valence-corrected chi connectivity index (χ3v) is 5.18. The van der Waals surface area contributed by atoms with Gasteiger partial charge < -0.3 is 9.80 Å². The number of hydrogen-bond acceptors (Lipinski definition) is 4. The van der Waals surface area contributed by atoms with Gasteiger partial charge in [0.1, 0.15) is 5.70 Å². The number of nitrogens with one attached hydrogen (secondary N) is 1. The van der Waals surface area contributed by atoms with Crippen LogP contribution in [0.15, 0.2) is 66.4 Å². The molecule has 144 valence electrons. The molecule has 2 amide bonds. The van der Waals surface area contributed by atoms with Crippen molar-refractivity contribution in [3.8, 4) is 0 Å². The number of carbonyl (C=O) groups excluding carboxylic acids is 2. The Balaban J connectivity index is 1.40. The topological polar surface area (TPSA) is 55.9 Å². The Morgan fingerprint density at radius 1 is 0.929 bits per heavy atom. The Bertz CT molecular complexity index is 908. The molecular weight excluding hydrogens is 376 g/mol. The highest BCUT2D eigenvalue weighted by Gasteiger charge is 2.28. The standard InChI is InChI=1S/C21H21ClN4O2/c22-16-5-4-8-18(15-16)24-11-13-25(14-12-24)21(28)19-9-10-20(27)26(23-19)17-6-2-1-3-7-17/h1-9,15,23H,10-14H2. The van der Waals surface area contributed by atoms with Crippen LogP contribution in [-0.4, -0.2) is 42.9 Å². The molecule has 1 N–H and O–H groups in total. The molecule has 0 spiro atoms. The Labute approximate surface area is 168 Å². The van der Waals surface area contributed by atoms with E-state index >= 15 is 0 Å². The number of anilines is 2. The fourth-order valence-corrected chi connectivity index (χ4v) is 3.63. The molecule has 0 radical (unpaired) electrons. The molecule has 6 nitrogen and oxygen atoms in total. The number of nitrogens with zero attached hydrogens (tertiary/aromatic N) is 3. The lowest BCUT2D eigenvalue weighted by Crippen LogP contribution is -2.53. The van der Waals surface area contributed by atoms with E-state index in [1.807, 2.05) is 59.5 Å². The van der Waals surface area contributed by atoms with E-state index in [0.717, 1.165) is 24.5 Å². The Morgan fingerprint density at radius 2 is 1.64 bits per heavy atom. The predicted octanol–water partition coefficient (Wildman–Crippen LogP) is 2.81. The van der Waals surface area contributed by atoms with Crippen LogP contribution in [0.5, 0.6) is 0 Å². The van der Waals surface area contributed by atoms with E-state index in [1.54, 1.807) is 6.08 Å². The zero-order chi connectivity index (χ0) is 19.5. The van der Waals surface area contributed by atoms with Gasteiger partial charge in [-0.1, -0.05) is 35.9 Å². The van der Waals surface area contributed by atoms with Crippen molar-refractivity contribution in [3.63, 3.8) is 0 Å². The molecule has 2 heterocycles. The van der Waals surface area contributed by atoms with Gasteiger partial charge in [-0.05, 0) is 36.4 Å². The minimum atomic E-state index is -0.0893. The summed E-state index contributed by atoms with van der Waals surface area (Å²) in [5, 5.41) is 2.15. The van der Waals surface area contributed by atoms with E-state index in [9.17, 15) is 9.59 Å². The molecule has 7 heteroatoms. The van der Waals surface area contributed by atoms with E-state index < -0.39 is 0 Å². The third kappa shape index (κ3) is 3.82.